The molecule has 0 aromatic heterocycles. The van der Waals surface area contributed by atoms with Crippen LogP contribution in [0.25, 0.3) is 0 Å². The van der Waals surface area contributed by atoms with Crippen LogP contribution in [0.15, 0.2) is 18.2 Å². The maximum atomic E-state index is 12.9. The second kappa shape index (κ2) is 7.52. The molecule has 0 saturated heterocycles. The van der Waals surface area contributed by atoms with Crippen LogP contribution >= 0.6 is 15.9 Å². The summed E-state index contributed by atoms with van der Waals surface area (Å²) in [5.74, 6) is 0.208. The van der Waals surface area contributed by atoms with Gasteiger partial charge in [0, 0.05) is 9.89 Å². The predicted octanol–water partition coefficient (Wildman–Crippen LogP) is 4.76. The van der Waals surface area contributed by atoms with Crippen molar-refractivity contribution in [2.24, 2.45) is 17.3 Å². The maximum Gasteiger partial charge on any atom is 0.387 e. The third-order valence-electron chi connectivity index (χ3n) is 6.46. The summed E-state index contributed by atoms with van der Waals surface area (Å²) in [7, 11) is 1.30. The van der Waals surface area contributed by atoms with Gasteiger partial charge in [-0.2, -0.15) is 8.78 Å². The molecule has 4 fully saturated rings. The minimum Gasteiger partial charge on any atom is -0.493 e. The summed E-state index contributed by atoms with van der Waals surface area (Å²) in [5, 5.41) is 0. The zero-order valence-electron chi connectivity index (χ0n) is 16.1. The molecule has 0 aliphatic heterocycles. The third kappa shape index (κ3) is 4.00. The lowest BCUT2D eigenvalue weighted by molar-refractivity contribution is -0.168. The van der Waals surface area contributed by atoms with Gasteiger partial charge in [-0.15, -0.1) is 0 Å². The number of Topliss-reactive ketones (excluding diaryl/α,β-unsaturated/α-hetero) is 1. The molecule has 4 aliphatic carbocycles. The zero-order chi connectivity index (χ0) is 20.8. The number of methoxy groups -OCH3 is 1. The van der Waals surface area contributed by atoms with E-state index in [2.05, 4.69) is 20.7 Å². The van der Waals surface area contributed by atoms with Crippen LogP contribution in [0, 0.1) is 17.3 Å². The minimum absolute atomic E-state index is 0.0183. The highest BCUT2D eigenvalue weighted by Gasteiger charge is 2.60. The number of hydrogen-bond acceptors (Lipinski definition) is 5. The van der Waals surface area contributed by atoms with Crippen molar-refractivity contribution in [1.82, 2.24) is 0 Å². The van der Waals surface area contributed by atoms with Crippen molar-refractivity contribution >= 4 is 27.7 Å². The highest BCUT2D eigenvalue weighted by Crippen LogP contribution is 2.64. The largest absolute Gasteiger partial charge is 0.493 e. The number of rotatable bonds is 7. The second-order valence-corrected chi connectivity index (χ2v) is 10.3. The van der Waals surface area contributed by atoms with Crippen LogP contribution in [-0.4, -0.2) is 36.4 Å². The molecule has 2 atom stereocenters. The fourth-order valence-corrected chi connectivity index (χ4v) is 7.24. The number of ketones is 1. The first-order chi connectivity index (χ1) is 13.7. The van der Waals surface area contributed by atoms with E-state index < -0.39 is 17.8 Å². The van der Waals surface area contributed by atoms with Crippen LogP contribution < -0.4 is 9.47 Å². The fraction of sp³-hybridized carbons (Fsp3) is 0.619. The van der Waals surface area contributed by atoms with Crippen LogP contribution in [0.3, 0.4) is 0 Å². The van der Waals surface area contributed by atoms with Crippen molar-refractivity contribution in [3.05, 3.63) is 23.8 Å². The van der Waals surface area contributed by atoms with Crippen molar-refractivity contribution in [2.75, 3.05) is 13.7 Å². The van der Waals surface area contributed by atoms with Gasteiger partial charge in [-0.05, 0) is 68.6 Å². The van der Waals surface area contributed by atoms with Crippen molar-refractivity contribution < 1.29 is 32.6 Å². The molecule has 1 aromatic carbocycles. The molecule has 29 heavy (non-hydrogen) atoms. The lowest BCUT2D eigenvalue weighted by atomic mass is 9.49. The van der Waals surface area contributed by atoms with E-state index in [4.69, 9.17) is 9.47 Å². The molecular formula is C21H23BrF2O5. The Morgan fingerprint density at radius 2 is 1.86 bits per heavy atom. The summed E-state index contributed by atoms with van der Waals surface area (Å²) in [6, 6.07) is 3.91. The van der Waals surface area contributed by atoms with Crippen LogP contribution in [0.2, 0.25) is 0 Å². The van der Waals surface area contributed by atoms with Crippen LogP contribution in [0.5, 0.6) is 11.5 Å². The zero-order valence-corrected chi connectivity index (χ0v) is 17.7. The molecule has 4 bridgehead atoms. The van der Waals surface area contributed by atoms with Gasteiger partial charge in [-0.1, -0.05) is 15.9 Å². The van der Waals surface area contributed by atoms with Crippen molar-refractivity contribution in [1.29, 1.82) is 0 Å². The number of ether oxygens (including phenoxy) is 3. The van der Waals surface area contributed by atoms with Gasteiger partial charge in [-0.3, -0.25) is 9.59 Å². The third-order valence-corrected chi connectivity index (χ3v) is 7.39. The van der Waals surface area contributed by atoms with E-state index in [9.17, 15) is 18.4 Å². The number of carbonyl (C=O) groups is 2. The molecule has 0 spiro atoms. The normalized spacial score (nSPS) is 32.3. The van der Waals surface area contributed by atoms with E-state index >= 15 is 0 Å². The Bertz CT molecular complexity index is 813. The first-order valence-electron chi connectivity index (χ1n) is 9.74. The summed E-state index contributed by atoms with van der Waals surface area (Å²) in [6.45, 7) is -3.38. The monoisotopic (exact) mass is 472 g/mol. The Hall–Kier alpha value is -1.70. The number of hydrogen-bond donors (Lipinski definition) is 0. The minimum atomic E-state index is -3.00. The summed E-state index contributed by atoms with van der Waals surface area (Å²) < 4.78 is 39.7. The Morgan fingerprint density at radius 1 is 1.17 bits per heavy atom. The van der Waals surface area contributed by atoms with Gasteiger partial charge < -0.3 is 14.2 Å². The Balaban J connectivity index is 1.42. The van der Waals surface area contributed by atoms with Gasteiger partial charge in [0.1, 0.15) is 0 Å². The Kier molecular flexibility index (Phi) is 5.34. The smallest absolute Gasteiger partial charge is 0.387 e. The molecule has 0 N–H and O–H groups in total. The number of alkyl halides is 3. The number of benzene rings is 1. The topological polar surface area (TPSA) is 61.8 Å². The molecule has 8 heteroatoms. The van der Waals surface area contributed by atoms with Gasteiger partial charge in [-0.25, -0.2) is 0 Å². The summed E-state index contributed by atoms with van der Waals surface area (Å²) in [6.07, 6.45) is 5.80. The Morgan fingerprint density at radius 3 is 2.45 bits per heavy atom. The molecule has 0 heterocycles. The molecule has 1 aromatic rings. The lowest BCUT2D eigenvalue weighted by Gasteiger charge is -2.58. The number of carbonyl (C=O) groups excluding carboxylic acids is 2. The molecule has 5 rings (SSSR count). The highest BCUT2D eigenvalue weighted by atomic mass is 79.9. The van der Waals surface area contributed by atoms with Crippen LogP contribution in [0.4, 0.5) is 8.78 Å². The van der Waals surface area contributed by atoms with Gasteiger partial charge >= 0.3 is 12.6 Å². The van der Waals surface area contributed by atoms with E-state index in [1.54, 1.807) is 0 Å². The summed E-state index contributed by atoms with van der Waals surface area (Å²) in [4.78, 5) is 25.5. The molecule has 0 radical (unpaired) electrons. The Labute approximate surface area is 176 Å². The van der Waals surface area contributed by atoms with E-state index in [1.807, 2.05) is 0 Å². The fourth-order valence-electron chi connectivity index (χ4n) is 5.79. The maximum absolute atomic E-state index is 12.9. The summed E-state index contributed by atoms with van der Waals surface area (Å²) >= 11 is 3.86. The molecular weight excluding hydrogens is 450 g/mol. The van der Waals surface area contributed by atoms with Gasteiger partial charge in [0.25, 0.3) is 0 Å². The van der Waals surface area contributed by atoms with Gasteiger partial charge in [0.2, 0.25) is 0 Å². The van der Waals surface area contributed by atoms with E-state index in [-0.39, 0.29) is 34.0 Å². The second-order valence-electron chi connectivity index (χ2n) is 8.64. The highest BCUT2D eigenvalue weighted by molar-refractivity contribution is 9.10. The van der Waals surface area contributed by atoms with Gasteiger partial charge in [0.15, 0.2) is 23.9 Å². The average molecular weight is 473 g/mol. The molecule has 4 aliphatic rings. The SMILES string of the molecule is COc1cc(C(=O)COC(=O)C23CC4CC(CC(Br)(C4)C2)C3)ccc1OC(F)F. The van der Waals surface area contributed by atoms with Crippen LogP contribution in [0.1, 0.15) is 48.9 Å². The average Bonchev–Trinajstić information content (AvgIpc) is 2.63. The summed E-state index contributed by atoms with van der Waals surface area (Å²) in [5.41, 5.74) is -0.292. The first kappa shape index (κ1) is 20.6. The van der Waals surface area contributed by atoms with Crippen molar-refractivity contribution in [3.8, 4) is 11.5 Å². The predicted molar refractivity (Wildman–Crippen MR) is 104 cm³/mol. The lowest BCUT2D eigenvalue weighted by Crippen LogP contribution is -2.56. The standard InChI is InChI=1S/C21H23BrF2O5/c1-27-17-5-14(2-3-16(17)29-19(23)24)15(25)10-28-18(26)20-6-12-4-13(7-20)9-21(22,8-12)11-20/h2-3,5,12-13,19H,4,6-11H2,1H3. The van der Waals surface area contributed by atoms with Crippen LogP contribution in [-0.2, 0) is 9.53 Å². The van der Waals surface area contributed by atoms with Crippen molar-refractivity contribution in [3.63, 3.8) is 0 Å². The number of esters is 1. The first-order valence-corrected chi connectivity index (χ1v) is 10.5. The molecule has 4 saturated carbocycles. The van der Waals surface area contributed by atoms with E-state index in [0.717, 1.165) is 32.1 Å². The van der Waals surface area contributed by atoms with Crippen molar-refractivity contribution in [2.45, 2.75) is 49.5 Å². The number of halogens is 3. The molecule has 2 unspecified atom stereocenters. The van der Waals surface area contributed by atoms with Gasteiger partial charge in [0.05, 0.1) is 12.5 Å². The quantitative estimate of drug-likeness (QED) is 0.325. The molecule has 5 nitrogen and oxygen atoms in total. The van der Waals surface area contributed by atoms with E-state index in [0.29, 0.717) is 11.8 Å². The molecule has 0 amide bonds. The van der Waals surface area contributed by atoms with E-state index in [1.165, 1.54) is 31.7 Å². The molecule has 158 valence electrons.